The third-order valence-corrected chi connectivity index (χ3v) is 3.17. The fourth-order valence-electron chi connectivity index (χ4n) is 1.39. The number of nitrogens with zero attached hydrogens (tertiary/aromatic N) is 1. The Kier molecular flexibility index (Phi) is 1.72. The molecular weight excluding hydrogens is 249 g/mol. The summed E-state index contributed by atoms with van der Waals surface area (Å²) < 4.78 is 63.2. The van der Waals surface area contributed by atoms with Crippen LogP contribution in [0.4, 0.5) is 19.4 Å². The van der Waals surface area contributed by atoms with Gasteiger partial charge in [0.1, 0.15) is 4.90 Å². The third-order valence-electron chi connectivity index (χ3n) is 2.01. The minimum Gasteiger partial charge on any atom is -0.255 e. The highest BCUT2D eigenvalue weighted by Crippen LogP contribution is 3.02. The number of hydrogen-bond acceptors (Lipinski definition) is 1. The molecule has 0 amide bonds. The second-order valence-corrected chi connectivity index (χ2v) is 5.68. The Morgan fingerprint density at radius 1 is 0.875 bits per heavy atom. The maximum absolute atomic E-state index is 12.6. The maximum atomic E-state index is 12.6. The van der Waals surface area contributed by atoms with Crippen molar-refractivity contribution in [3.63, 3.8) is 0 Å². The number of rotatable bonds is 1. The van der Waals surface area contributed by atoms with E-state index in [1.54, 1.807) is 0 Å². The Morgan fingerprint density at radius 3 is 2.12 bits per heavy atom. The van der Waals surface area contributed by atoms with Crippen molar-refractivity contribution >= 4 is 21.1 Å². The van der Waals surface area contributed by atoms with E-state index in [1.807, 2.05) is 0 Å². The van der Waals surface area contributed by atoms with Gasteiger partial charge in [-0.3, -0.25) is 4.98 Å². The lowest BCUT2D eigenvalue weighted by Gasteiger charge is -2.40. The first-order valence-corrected chi connectivity index (χ1v) is 6.11. The van der Waals surface area contributed by atoms with Gasteiger partial charge in [-0.05, 0) is 12.1 Å². The van der Waals surface area contributed by atoms with Crippen LogP contribution in [0, 0.1) is 0 Å². The van der Waals surface area contributed by atoms with Crippen molar-refractivity contribution in [3.05, 3.63) is 36.5 Å². The Balaban J connectivity index is 2.92. The summed E-state index contributed by atoms with van der Waals surface area (Å²) in [6.45, 7) is 0. The molecule has 0 N–H and O–H groups in total. The van der Waals surface area contributed by atoms with E-state index in [2.05, 4.69) is 4.98 Å². The van der Waals surface area contributed by atoms with Crippen molar-refractivity contribution in [2.24, 2.45) is 0 Å². The van der Waals surface area contributed by atoms with Gasteiger partial charge in [0.15, 0.2) is 0 Å². The van der Waals surface area contributed by atoms with E-state index in [1.165, 1.54) is 18.2 Å². The fourth-order valence-corrected chi connectivity index (χ4v) is 2.26. The number of aromatic nitrogens is 1. The topological polar surface area (TPSA) is 12.9 Å². The van der Waals surface area contributed by atoms with Gasteiger partial charge in [-0.1, -0.05) is 37.6 Å². The van der Waals surface area contributed by atoms with Gasteiger partial charge >= 0.3 is 10.2 Å². The van der Waals surface area contributed by atoms with Gasteiger partial charge in [0.25, 0.3) is 0 Å². The average molecular weight is 255 g/mol. The molecule has 0 aliphatic heterocycles. The molecule has 0 bridgehead atoms. The Morgan fingerprint density at radius 2 is 1.50 bits per heavy atom. The number of fused-ring (bicyclic) bond motifs is 1. The fraction of sp³-hybridized carbons (Fsp3) is 0. The molecule has 1 aromatic carbocycles. The molecule has 7 heteroatoms. The predicted octanol–water partition coefficient (Wildman–Crippen LogP) is 4.89. The second kappa shape index (κ2) is 2.48. The molecule has 1 aromatic heterocycles. The molecule has 0 spiro atoms. The molecule has 0 aliphatic carbocycles. The van der Waals surface area contributed by atoms with E-state index in [4.69, 9.17) is 0 Å². The minimum absolute atomic E-state index is 0.0354. The van der Waals surface area contributed by atoms with Crippen LogP contribution in [-0.2, 0) is 0 Å². The molecule has 88 valence electrons. The number of benzene rings is 1. The van der Waals surface area contributed by atoms with Gasteiger partial charge in [-0.15, -0.1) is 0 Å². The molecule has 0 radical (unpaired) electrons. The summed E-state index contributed by atoms with van der Waals surface area (Å²) in [7, 11) is -9.67. The van der Waals surface area contributed by atoms with Crippen LogP contribution < -0.4 is 0 Å². The van der Waals surface area contributed by atoms with Crippen LogP contribution >= 0.6 is 10.2 Å². The zero-order valence-corrected chi connectivity index (χ0v) is 8.53. The summed E-state index contributed by atoms with van der Waals surface area (Å²) in [4.78, 5) is 1.44. The molecule has 0 atom stereocenters. The summed E-state index contributed by atoms with van der Waals surface area (Å²) in [6.07, 6.45) is 1.05. The summed E-state index contributed by atoms with van der Waals surface area (Å²) in [6, 6.07) is 5.29. The zero-order valence-electron chi connectivity index (χ0n) is 7.71. The molecule has 2 rings (SSSR count). The highest BCUT2D eigenvalue weighted by molar-refractivity contribution is 8.46. The predicted molar refractivity (Wildman–Crippen MR) is 53.1 cm³/mol. The van der Waals surface area contributed by atoms with Crippen molar-refractivity contribution in [1.82, 2.24) is 4.98 Å². The van der Waals surface area contributed by atoms with Crippen LogP contribution in [0.15, 0.2) is 41.4 Å². The molecule has 0 saturated carbocycles. The molecule has 2 aromatic rings. The van der Waals surface area contributed by atoms with E-state index in [0.29, 0.717) is 6.07 Å². The van der Waals surface area contributed by atoms with E-state index in [9.17, 15) is 19.4 Å². The molecule has 0 unspecified atom stereocenters. The smallest absolute Gasteiger partial charge is 0.255 e. The average Bonchev–Trinajstić information content (AvgIpc) is 2.13. The molecular formula is C9H6F5NS. The van der Waals surface area contributed by atoms with Gasteiger partial charge in [-0.2, -0.15) is 0 Å². The Labute approximate surface area is 87.6 Å². The molecule has 0 fully saturated rings. The maximum Gasteiger partial charge on any atom is 0.312 e. The monoisotopic (exact) mass is 255 g/mol. The SMILES string of the molecule is FS(F)(F)(F)(F)c1cccc2cccnc12. The molecule has 16 heavy (non-hydrogen) atoms. The van der Waals surface area contributed by atoms with Crippen LogP contribution in [0.5, 0.6) is 0 Å². The van der Waals surface area contributed by atoms with Gasteiger partial charge in [0.05, 0.1) is 5.52 Å². The Hall–Kier alpha value is -1.37. The first-order chi connectivity index (χ1) is 7.08. The van der Waals surface area contributed by atoms with E-state index >= 15 is 0 Å². The van der Waals surface area contributed by atoms with Crippen molar-refractivity contribution in [1.29, 1.82) is 0 Å². The largest absolute Gasteiger partial charge is 0.312 e. The highest BCUT2D eigenvalue weighted by Gasteiger charge is 2.66. The van der Waals surface area contributed by atoms with Gasteiger partial charge in [-0.25, -0.2) is 0 Å². The van der Waals surface area contributed by atoms with Crippen LogP contribution in [0.3, 0.4) is 0 Å². The van der Waals surface area contributed by atoms with Crippen LogP contribution in [-0.4, -0.2) is 4.98 Å². The number of para-hydroxylation sites is 1. The van der Waals surface area contributed by atoms with Crippen molar-refractivity contribution < 1.29 is 19.4 Å². The van der Waals surface area contributed by atoms with Gasteiger partial charge < -0.3 is 0 Å². The van der Waals surface area contributed by atoms with Crippen molar-refractivity contribution in [2.75, 3.05) is 0 Å². The van der Waals surface area contributed by atoms with E-state index < -0.39 is 20.6 Å². The van der Waals surface area contributed by atoms with Crippen LogP contribution in [0.2, 0.25) is 0 Å². The minimum atomic E-state index is -9.67. The third kappa shape index (κ3) is 1.95. The lowest BCUT2D eigenvalue weighted by atomic mass is 10.2. The van der Waals surface area contributed by atoms with Crippen molar-refractivity contribution in [3.8, 4) is 0 Å². The second-order valence-electron chi connectivity index (χ2n) is 3.30. The van der Waals surface area contributed by atoms with Crippen molar-refractivity contribution in [2.45, 2.75) is 4.90 Å². The normalized spacial score (nSPS) is 16.8. The molecule has 1 nitrogen and oxygen atoms in total. The molecule has 1 heterocycles. The summed E-state index contributed by atoms with van der Waals surface area (Å²) in [5, 5.41) is 0.0354. The standard InChI is InChI=1S/C9H6F5NS/c10-16(11,12,13,14)8-5-1-3-7-4-2-6-15-9(7)8/h1-6H. The van der Waals surface area contributed by atoms with Crippen LogP contribution in [0.25, 0.3) is 10.9 Å². The van der Waals surface area contributed by atoms with E-state index in [0.717, 1.165) is 12.3 Å². The lowest BCUT2D eigenvalue weighted by molar-refractivity contribution is 0.365. The Bertz CT molecular complexity index is 557. The molecule has 0 saturated heterocycles. The lowest BCUT2D eigenvalue weighted by Crippen LogP contribution is -2.07. The first kappa shape index (κ1) is 11.1. The quantitative estimate of drug-likeness (QED) is 0.661. The highest BCUT2D eigenvalue weighted by atomic mass is 32.5. The summed E-state index contributed by atoms with van der Waals surface area (Å²) >= 11 is 0. The van der Waals surface area contributed by atoms with E-state index in [-0.39, 0.29) is 5.39 Å². The number of halogens is 5. The summed E-state index contributed by atoms with van der Waals surface area (Å²) in [5.41, 5.74) is -0.718. The van der Waals surface area contributed by atoms with Crippen LogP contribution in [0.1, 0.15) is 0 Å². The first-order valence-electron chi connectivity index (χ1n) is 4.16. The number of hydrogen-bond donors (Lipinski definition) is 0. The van der Waals surface area contributed by atoms with Gasteiger partial charge in [0.2, 0.25) is 0 Å². The summed E-state index contributed by atoms with van der Waals surface area (Å²) in [5.74, 6) is 0. The molecule has 0 aliphatic rings. The number of pyridine rings is 1. The zero-order chi connectivity index (χ0) is 12.1. The van der Waals surface area contributed by atoms with Gasteiger partial charge in [0, 0.05) is 11.6 Å².